The molecule has 1 saturated carbocycles. The van der Waals surface area contributed by atoms with E-state index in [0.717, 1.165) is 11.7 Å². The Bertz CT molecular complexity index is 268. The average molecular weight is 193 g/mol. The van der Waals surface area contributed by atoms with E-state index >= 15 is 0 Å². The van der Waals surface area contributed by atoms with Crippen molar-refractivity contribution >= 4 is 0 Å². The molecule has 1 fully saturated rings. The van der Waals surface area contributed by atoms with Crippen LogP contribution in [0.1, 0.15) is 44.4 Å². The predicted octanol–water partition coefficient (Wildman–Crippen LogP) is 3.11. The van der Waals surface area contributed by atoms with Crippen molar-refractivity contribution in [3.8, 4) is 0 Å². The molecule has 0 radical (unpaired) electrons. The molecule has 2 rings (SSSR count). The quantitative estimate of drug-likeness (QED) is 0.801. The highest BCUT2D eigenvalue weighted by molar-refractivity contribution is 5.05. The van der Waals surface area contributed by atoms with Crippen molar-refractivity contribution in [2.24, 2.45) is 17.6 Å². The van der Waals surface area contributed by atoms with E-state index in [1.807, 2.05) is 12.1 Å². The van der Waals surface area contributed by atoms with E-state index in [1.165, 1.54) is 25.7 Å². The number of hydrogen-bond acceptors (Lipinski definition) is 2. The molecule has 1 heterocycles. The lowest BCUT2D eigenvalue weighted by Crippen LogP contribution is -2.18. The zero-order chi connectivity index (χ0) is 9.97. The molecule has 2 heteroatoms. The second-order valence-corrected chi connectivity index (χ2v) is 4.39. The van der Waals surface area contributed by atoms with E-state index in [-0.39, 0.29) is 6.04 Å². The van der Waals surface area contributed by atoms with Crippen molar-refractivity contribution < 1.29 is 4.42 Å². The van der Waals surface area contributed by atoms with Gasteiger partial charge in [0.05, 0.1) is 12.3 Å². The van der Waals surface area contributed by atoms with E-state index in [1.54, 1.807) is 6.26 Å². The summed E-state index contributed by atoms with van der Waals surface area (Å²) in [7, 11) is 0. The first kappa shape index (κ1) is 9.78. The number of rotatable bonds is 3. The van der Waals surface area contributed by atoms with Crippen molar-refractivity contribution in [3.05, 3.63) is 24.2 Å². The minimum absolute atomic E-state index is 0.113. The van der Waals surface area contributed by atoms with Gasteiger partial charge in [-0.25, -0.2) is 0 Å². The number of hydrogen-bond donors (Lipinski definition) is 1. The first-order valence-corrected chi connectivity index (χ1v) is 5.60. The van der Waals surface area contributed by atoms with Gasteiger partial charge in [0.2, 0.25) is 0 Å². The predicted molar refractivity (Wildman–Crippen MR) is 56.8 cm³/mol. The Balaban J connectivity index is 1.97. The molecule has 0 spiro atoms. The van der Waals surface area contributed by atoms with Crippen LogP contribution in [0.2, 0.25) is 0 Å². The van der Waals surface area contributed by atoms with Crippen LogP contribution in [0, 0.1) is 11.8 Å². The maximum Gasteiger partial charge on any atom is 0.120 e. The molecule has 0 aromatic carbocycles. The fourth-order valence-electron chi connectivity index (χ4n) is 2.52. The van der Waals surface area contributed by atoms with E-state index < -0.39 is 0 Å². The van der Waals surface area contributed by atoms with Crippen LogP contribution in [-0.4, -0.2) is 0 Å². The standard InChI is InChI=1S/C12H19NO/c1-2-9-5-6-10(8-9)12(13)11-4-3-7-14-11/h3-4,7,9-10,12H,2,5-6,8,13H2,1H3. The summed E-state index contributed by atoms with van der Waals surface area (Å²) in [5.74, 6) is 2.47. The number of nitrogens with two attached hydrogens (primary N) is 1. The molecule has 2 nitrogen and oxygen atoms in total. The number of furan rings is 1. The molecule has 0 saturated heterocycles. The first-order valence-electron chi connectivity index (χ1n) is 5.60. The summed E-state index contributed by atoms with van der Waals surface area (Å²) >= 11 is 0. The van der Waals surface area contributed by atoms with Gasteiger partial charge in [-0.05, 0) is 36.8 Å². The third kappa shape index (κ3) is 1.85. The summed E-state index contributed by atoms with van der Waals surface area (Å²) in [6.45, 7) is 2.27. The molecule has 1 aliphatic carbocycles. The Morgan fingerprint density at radius 2 is 2.43 bits per heavy atom. The second-order valence-electron chi connectivity index (χ2n) is 4.39. The highest BCUT2D eigenvalue weighted by Crippen LogP contribution is 2.39. The van der Waals surface area contributed by atoms with Crippen molar-refractivity contribution in [2.45, 2.75) is 38.6 Å². The molecule has 14 heavy (non-hydrogen) atoms. The Morgan fingerprint density at radius 3 is 3.00 bits per heavy atom. The van der Waals surface area contributed by atoms with Gasteiger partial charge in [0.25, 0.3) is 0 Å². The van der Waals surface area contributed by atoms with Gasteiger partial charge in [-0.3, -0.25) is 0 Å². The lowest BCUT2D eigenvalue weighted by Gasteiger charge is -2.16. The zero-order valence-electron chi connectivity index (χ0n) is 8.78. The van der Waals surface area contributed by atoms with E-state index in [9.17, 15) is 0 Å². The van der Waals surface area contributed by atoms with Crippen LogP contribution in [0.25, 0.3) is 0 Å². The molecule has 3 unspecified atom stereocenters. The largest absolute Gasteiger partial charge is 0.468 e. The molecule has 1 aromatic heterocycles. The lowest BCUT2D eigenvalue weighted by molar-refractivity contribution is 0.357. The summed E-state index contributed by atoms with van der Waals surface area (Å²) in [4.78, 5) is 0. The Hall–Kier alpha value is -0.760. The van der Waals surface area contributed by atoms with Crippen molar-refractivity contribution in [1.29, 1.82) is 0 Å². The SMILES string of the molecule is CCC1CCC(C(N)c2ccco2)C1. The Kier molecular flexibility index (Phi) is 2.92. The van der Waals surface area contributed by atoms with Crippen LogP contribution in [0.5, 0.6) is 0 Å². The topological polar surface area (TPSA) is 39.2 Å². The smallest absolute Gasteiger partial charge is 0.120 e. The third-order valence-electron chi connectivity index (χ3n) is 3.54. The maximum absolute atomic E-state index is 6.17. The Morgan fingerprint density at radius 1 is 1.57 bits per heavy atom. The summed E-state index contributed by atoms with van der Waals surface area (Å²) in [6, 6.07) is 4.02. The summed E-state index contributed by atoms with van der Waals surface area (Å²) < 4.78 is 5.35. The van der Waals surface area contributed by atoms with Gasteiger partial charge < -0.3 is 10.2 Å². The van der Waals surface area contributed by atoms with Gasteiger partial charge >= 0.3 is 0 Å². The highest BCUT2D eigenvalue weighted by atomic mass is 16.3. The van der Waals surface area contributed by atoms with Crippen molar-refractivity contribution in [1.82, 2.24) is 0 Å². The monoisotopic (exact) mass is 193 g/mol. The molecule has 1 aliphatic rings. The van der Waals surface area contributed by atoms with Gasteiger partial charge in [-0.15, -0.1) is 0 Å². The van der Waals surface area contributed by atoms with E-state index in [2.05, 4.69) is 6.92 Å². The molecule has 0 aliphatic heterocycles. The van der Waals surface area contributed by atoms with Gasteiger partial charge in [0.1, 0.15) is 5.76 Å². The summed E-state index contributed by atoms with van der Waals surface area (Å²) in [5, 5.41) is 0. The molecule has 0 amide bonds. The minimum Gasteiger partial charge on any atom is -0.468 e. The fraction of sp³-hybridized carbons (Fsp3) is 0.667. The van der Waals surface area contributed by atoms with Gasteiger partial charge in [-0.1, -0.05) is 19.8 Å². The summed E-state index contributed by atoms with van der Waals surface area (Å²) in [6.07, 6.45) is 6.89. The van der Waals surface area contributed by atoms with Gasteiger partial charge in [-0.2, -0.15) is 0 Å². The molecular formula is C12H19NO. The zero-order valence-corrected chi connectivity index (χ0v) is 8.78. The second kappa shape index (κ2) is 4.18. The Labute approximate surface area is 85.5 Å². The lowest BCUT2D eigenvalue weighted by atomic mass is 9.95. The average Bonchev–Trinajstić information content (AvgIpc) is 2.88. The summed E-state index contributed by atoms with van der Waals surface area (Å²) in [5.41, 5.74) is 6.17. The first-order chi connectivity index (χ1) is 6.81. The molecule has 0 bridgehead atoms. The molecule has 78 valence electrons. The van der Waals surface area contributed by atoms with E-state index in [0.29, 0.717) is 5.92 Å². The van der Waals surface area contributed by atoms with Crippen LogP contribution in [0.15, 0.2) is 22.8 Å². The van der Waals surface area contributed by atoms with Crippen molar-refractivity contribution in [3.63, 3.8) is 0 Å². The molecular weight excluding hydrogens is 174 g/mol. The fourth-order valence-corrected chi connectivity index (χ4v) is 2.52. The van der Waals surface area contributed by atoms with Crippen LogP contribution < -0.4 is 5.73 Å². The van der Waals surface area contributed by atoms with Crippen LogP contribution in [-0.2, 0) is 0 Å². The van der Waals surface area contributed by atoms with Crippen molar-refractivity contribution in [2.75, 3.05) is 0 Å². The van der Waals surface area contributed by atoms with E-state index in [4.69, 9.17) is 10.2 Å². The van der Waals surface area contributed by atoms with Crippen LogP contribution >= 0.6 is 0 Å². The molecule has 1 aromatic rings. The maximum atomic E-state index is 6.17. The molecule has 3 atom stereocenters. The molecule has 2 N–H and O–H groups in total. The van der Waals surface area contributed by atoms with Gasteiger partial charge in [0, 0.05) is 0 Å². The van der Waals surface area contributed by atoms with Gasteiger partial charge in [0.15, 0.2) is 0 Å². The van der Waals surface area contributed by atoms with Crippen LogP contribution in [0.4, 0.5) is 0 Å². The highest BCUT2D eigenvalue weighted by Gasteiger charge is 2.29. The third-order valence-corrected chi connectivity index (χ3v) is 3.54. The minimum atomic E-state index is 0.113. The normalized spacial score (nSPS) is 29.3. The van der Waals surface area contributed by atoms with Crippen LogP contribution in [0.3, 0.4) is 0 Å².